The van der Waals surface area contributed by atoms with Gasteiger partial charge in [-0.15, -0.1) is 0 Å². The largest absolute Gasteiger partial charge is 0.371 e. The number of hydrogen-bond acceptors (Lipinski definition) is 3. The summed E-state index contributed by atoms with van der Waals surface area (Å²) in [4.78, 5) is 0. The van der Waals surface area contributed by atoms with E-state index in [-0.39, 0.29) is 0 Å². The smallest absolute Gasteiger partial charge is 0.106 e. The van der Waals surface area contributed by atoms with Crippen LogP contribution in [0.2, 0.25) is 0 Å². The van der Waals surface area contributed by atoms with Gasteiger partial charge in [0.15, 0.2) is 0 Å². The molecule has 0 spiro atoms. The molecule has 2 aliphatic heterocycles. The van der Waals surface area contributed by atoms with E-state index in [1.54, 1.807) is 11.1 Å². The lowest BCUT2D eigenvalue weighted by Gasteiger charge is -2.21. The van der Waals surface area contributed by atoms with Gasteiger partial charge < -0.3 is 14.2 Å². The SMILES string of the molecule is C1CC2C3CC4OC4C3=C1C2OCC1CO1. The minimum Gasteiger partial charge on any atom is -0.371 e. The predicted molar refractivity (Wildman–Crippen MR) is 56.0 cm³/mol. The molecule has 0 amide bonds. The van der Waals surface area contributed by atoms with Crippen molar-refractivity contribution in [2.75, 3.05) is 13.2 Å². The third kappa shape index (κ3) is 0.998. The van der Waals surface area contributed by atoms with Crippen molar-refractivity contribution in [3.8, 4) is 0 Å². The van der Waals surface area contributed by atoms with Crippen molar-refractivity contribution < 1.29 is 14.2 Å². The number of hydrogen-bond donors (Lipinski definition) is 0. The summed E-state index contributed by atoms with van der Waals surface area (Å²) in [6.07, 6.45) is 5.80. The molecule has 5 aliphatic rings. The van der Waals surface area contributed by atoms with Crippen LogP contribution in [-0.2, 0) is 14.2 Å². The number of fused-ring (bicyclic) bond motifs is 6. The highest BCUT2D eigenvalue weighted by Crippen LogP contribution is 2.61. The maximum absolute atomic E-state index is 6.08. The highest BCUT2D eigenvalue weighted by molar-refractivity contribution is 5.43. The standard InChI is InChI=1S/C13H16O3/c1-2-8-11-9(3-10-13(11)16-10)7(1)12(8)15-5-6-4-14-6/h6-7,9-10,12-13H,1-5H2. The zero-order chi connectivity index (χ0) is 10.3. The fourth-order valence-electron chi connectivity index (χ4n) is 4.20. The van der Waals surface area contributed by atoms with Gasteiger partial charge in [-0.2, -0.15) is 0 Å². The lowest BCUT2D eigenvalue weighted by atomic mass is 9.87. The highest BCUT2D eigenvalue weighted by Gasteiger charge is 2.61. The van der Waals surface area contributed by atoms with Crippen molar-refractivity contribution >= 4 is 0 Å². The quantitative estimate of drug-likeness (QED) is 0.530. The molecule has 3 aliphatic carbocycles. The van der Waals surface area contributed by atoms with Crippen LogP contribution in [0.5, 0.6) is 0 Å². The molecule has 0 aromatic carbocycles. The Balaban J connectivity index is 1.43. The van der Waals surface area contributed by atoms with Crippen LogP contribution < -0.4 is 0 Å². The van der Waals surface area contributed by atoms with E-state index >= 15 is 0 Å². The molecule has 2 saturated heterocycles. The lowest BCUT2D eigenvalue weighted by molar-refractivity contribution is 0.0352. The molecule has 4 fully saturated rings. The van der Waals surface area contributed by atoms with Gasteiger partial charge in [0.05, 0.1) is 25.4 Å². The van der Waals surface area contributed by atoms with E-state index in [9.17, 15) is 0 Å². The first kappa shape index (κ1) is 8.67. The number of rotatable bonds is 3. The Hall–Kier alpha value is -0.380. The molecule has 6 atom stereocenters. The Labute approximate surface area is 94.7 Å². The Morgan fingerprint density at radius 2 is 2.31 bits per heavy atom. The molecule has 0 aromatic rings. The molecular weight excluding hydrogens is 204 g/mol. The van der Waals surface area contributed by atoms with Gasteiger partial charge >= 0.3 is 0 Å². The summed E-state index contributed by atoms with van der Waals surface area (Å²) in [6, 6.07) is 0. The van der Waals surface area contributed by atoms with Crippen LogP contribution in [0.1, 0.15) is 19.3 Å². The Morgan fingerprint density at radius 3 is 3.12 bits per heavy atom. The minimum absolute atomic E-state index is 0.398. The molecule has 16 heavy (non-hydrogen) atoms. The van der Waals surface area contributed by atoms with Gasteiger partial charge in [-0.3, -0.25) is 0 Å². The Kier molecular flexibility index (Phi) is 1.47. The van der Waals surface area contributed by atoms with Crippen LogP contribution in [0, 0.1) is 11.8 Å². The molecule has 6 unspecified atom stereocenters. The van der Waals surface area contributed by atoms with Crippen LogP contribution in [0.25, 0.3) is 0 Å². The van der Waals surface area contributed by atoms with Crippen LogP contribution >= 0.6 is 0 Å². The van der Waals surface area contributed by atoms with Crippen LogP contribution in [0.15, 0.2) is 11.1 Å². The van der Waals surface area contributed by atoms with E-state index in [2.05, 4.69) is 0 Å². The molecule has 0 aromatic heterocycles. The number of epoxide rings is 2. The third-order valence-electron chi connectivity index (χ3n) is 5.01. The van der Waals surface area contributed by atoms with Crippen molar-refractivity contribution in [3.05, 3.63) is 11.1 Å². The normalized spacial score (nSPS) is 55.5. The maximum atomic E-state index is 6.08. The molecule has 0 radical (unpaired) electrons. The van der Waals surface area contributed by atoms with Crippen molar-refractivity contribution in [1.82, 2.24) is 0 Å². The second-order valence-electron chi connectivity index (χ2n) is 5.83. The van der Waals surface area contributed by atoms with Crippen molar-refractivity contribution in [2.24, 2.45) is 11.8 Å². The molecule has 5 rings (SSSR count). The molecular formula is C13H16O3. The minimum atomic E-state index is 0.398. The molecule has 3 nitrogen and oxygen atoms in total. The van der Waals surface area contributed by atoms with E-state index in [0.29, 0.717) is 24.4 Å². The van der Waals surface area contributed by atoms with E-state index < -0.39 is 0 Å². The van der Waals surface area contributed by atoms with Crippen LogP contribution in [0.3, 0.4) is 0 Å². The van der Waals surface area contributed by atoms with Crippen molar-refractivity contribution in [3.63, 3.8) is 0 Å². The first-order chi connectivity index (χ1) is 7.92. The molecule has 86 valence electrons. The van der Waals surface area contributed by atoms with Gasteiger partial charge in [-0.05, 0) is 42.2 Å². The second-order valence-corrected chi connectivity index (χ2v) is 5.83. The Morgan fingerprint density at radius 1 is 1.38 bits per heavy atom. The second kappa shape index (κ2) is 2.71. The van der Waals surface area contributed by atoms with Crippen molar-refractivity contribution in [1.29, 1.82) is 0 Å². The van der Waals surface area contributed by atoms with Crippen LogP contribution in [0.4, 0.5) is 0 Å². The van der Waals surface area contributed by atoms with E-state index in [0.717, 1.165) is 25.0 Å². The topological polar surface area (TPSA) is 34.3 Å². The summed E-state index contributed by atoms with van der Waals surface area (Å²) < 4.78 is 17.0. The summed E-state index contributed by atoms with van der Waals surface area (Å²) in [5.41, 5.74) is 3.27. The van der Waals surface area contributed by atoms with E-state index in [1.807, 2.05) is 0 Å². The fourth-order valence-corrected chi connectivity index (χ4v) is 4.20. The van der Waals surface area contributed by atoms with Gasteiger partial charge in [0.1, 0.15) is 12.2 Å². The average Bonchev–Trinajstić information content (AvgIpc) is 3.18. The summed E-state index contributed by atoms with van der Waals surface area (Å²) in [7, 11) is 0. The summed E-state index contributed by atoms with van der Waals surface area (Å²) in [5.74, 6) is 1.60. The average molecular weight is 220 g/mol. The van der Waals surface area contributed by atoms with Crippen LogP contribution in [-0.4, -0.2) is 37.6 Å². The molecule has 2 saturated carbocycles. The van der Waals surface area contributed by atoms with Gasteiger partial charge in [0.25, 0.3) is 0 Å². The van der Waals surface area contributed by atoms with Gasteiger partial charge in [0, 0.05) is 0 Å². The summed E-state index contributed by atoms with van der Waals surface area (Å²) >= 11 is 0. The molecule has 3 heteroatoms. The van der Waals surface area contributed by atoms with Gasteiger partial charge in [-0.25, -0.2) is 0 Å². The highest BCUT2D eigenvalue weighted by atomic mass is 16.6. The lowest BCUT2D eigenvalue weighted by Crippen LogP contribution is -2.22. The summed E-state index contributed by atoms with van der Waals surface area (Å²) in [6.45, 7) is 1.71. The van der Waals surface area contributed by atoms with E-state index in [1.165, 1.54) is 19.3 Å². The molecule has 0 N–H and O–H groups in total. The van der Waals surface area contributed by atoms with E-state index in [4.69, 9.17) is 14.2 Å². The number of ether oxygens (including phenoxy) is 3. The maximum Gasteiger partial charge on any atom is 0.106 e. The monoisotopic (exact) mass is 220 g/mol. The van der Waals surface area contributed by atoms with Gasteiger partial charge in [-0.1, -0.05) is 0 Å². The predicted octanol–water partition coefficient (Wildman–Crippen LogP) is 1.28. The fraction of sp³-hybridized carbons (Fsp3) is 0.846. The Bertz CT molecular complexity index is 385. The first-order valence-electron chi connectivity index (χ1n) is 6.53. The zero-order valence-corrected chi connectivity index (χ0v) is 9.22. The molecule has 2 heterocycles. The first-order valence-corrected chi connectivity index (χ1v) is 6.53. The molecule has 2 bridgehead atoms. The van der Waals surface area contributed by atoms with Gasteiger partial charge in [0.2, 0.25) is 0 Å². The summed E-state index contributed by atoms with van der Waals surface area (Å²) in [5, 5.41) is 0. The zero-order valence-electron chi connectivity index (χ0n) is 9.22. The third-order valence-corrected chi connectivity index (χ3v) is 5.01. The van der Waals surface area contributed by atoms with Crippen molar-refractivity contribution in [2.45, 2.75) is 43.7 Å².